The average Bonchev–Trinajstić information content (AvgIpc) is 3.22. The van der Waals surface area contributed by atoms with E-state index in [1.165, 1.54) is 39.1 Å². The van der Waals surface area contributed by atoms with Crippen molar-refractivity contribution in [1.29, 1.82) is 0 Å². The zero-order valence-corrected chi connectivity index (χ0v) is 23.4. The van der Waals surface area contributed by atoms with Crippen LogP contribution >= 0.6 is 0 Å². The number of aliphatic hydroxyl groups is 1. The first-order chi connectivity index (χ1) is 19.1. The van der Waals surface area contributed by atoms with Crippen LogP contribution < -0.4 is 10.5 Å². The topological polar surface area (TPSA) is 109 Å². The summed E-state index contributed by atoms with van der Waals surface area (Å²) < 4.78 is 60.4. The Morgan fingerprint density at radius 3 is 2.37 bits per heavy atom. The Hall–Kier alpha value is -3.25. The first kappa shape index (κ1) is 30.7. The van der Waals surface area contributed by atoms with E-state index in [-0.39, 0.29) is 31.0 Å². The van der Waals surface area contributed by atoms with E-state index < -0.39 is 40.9 Å². The highest BCUT2D eigenvalue weighted by Crippen LogP contribution is 2.39. The van der Waals surface area contributed by atoms with Gasteiger partial charge in [-0.3, -0.25) is 9.59 Å². The van der Waals surface area contributed by atoms with Crippen LogP contribution in [0.15, 0.2) is 36.5 Å². The van der Waals surface area contributed by atoms with Gasteiger partial charge in [-0.1, -0.05) is 6.07 Å². The lowest BCUT2D eigenvalue weighted by atomic mass is 9.89. The second kappa shape index (κ2) is 11.6. The SMILES string of the molecule is CC1(C(N)=O)C[C@@H](O)CN1C(=O)c1ccc(-c2ccc(OCC3CCN(CC(C)(C)C(F)(F)F)CC3)nc2)cc1F. The molecule has 2 atom stereocenters. The van der Waals surface area contributed by atoms with Crippen LogP contribution in [0.25, 0.3) is 11.1 Å². The predicted octanol–water partition coefficient (Wildman–Crippen LogP) is 4.02. The third kappa shape index (κ3) is 6.64. The summed E-state index contributed by atoms with van der Waals surface area (Å²) in [4.78, 5) is 32.2. The molecule has 1 aromatic heterocycles. The number of rotatable bonds is 8. The van der Waals surface area contributed by atoms with Gasteiger partial charge in [-0.2, -0.15) is 13.2 Å². The molecule has 3 N–H and O–H groups in total. The van der Waals surface area contributed by atoms with E-state index in [1.54, 1.807) is 18.2 Å². The van der Waals surface area contributed by atoms with Gasteiger partial charge >= 0.3 is 6.18 Å². The molecule has 2 aliphatic heterocycles. The third-order valence-corrected chi connectivity index (χ3v) is 8.23. The number of primary amides is 1. The number of hydrogen-bond acceptors (Lipinski definition) is 6. The van der Waals surface area contributed by atoms with Crippen LogP contribution in [-0.4, -0.2) is 82.3 Å². The fourth-order valence-electron chi connectivity index (χ4n) is 5.40. The number of nitrogens with zero attached hydrogens (tertiary/aromatic N) is 3. The maximum Gasteiger partial charge on any atom is 0.395 e. The molecule has 2 amide bonds. The standard InChI is InChI=1S/C29H36F4N4O4/c1-27(2,29(31,32)33)17-36-10-8-18(9-11-36)16-41-24-7-5-20(14-35-24)19-4-6-22(23(30)12-19)25(39)37-15-21(38)13-28(37,3)26(34)40/h4-7,12,14,18,21,38H,8-11,13,15-17H2,1-3H3,(H2,34,40)/t21-,28?/m1/s1. The molecule has 3 heterocycles. The lowest BCUT2D eigenvalue weighted by Crippen LogP contribution is -2.54. The number of β-amino-alcohol motifs (C(OH)–C–C–N with tert-alkyl or cyclic N) is 1. The fraction of sp³-hybridized carbons (Fsp3) is 0.552. The number of nitrogens with two attached hydrogens (primary N) is 1. The smallest absolute Gasteiger partial charge is 0.395 e. The molecule has 8 nitrogen and oxygen atoms in total. The Labute approximate surface area is 236 Å². The van der Waals surface area contributed by atoms with Crippen LogP contribution in [0.3, 0.4) is 0 Å². The summed E-state index contributed by atoms with van der Waals surface area (Å²) in [6.07, 6.45) is -2.23. The molecule has 12 heteroatoms. The van der Waals surface area contributed by atoms with Crippen molar-refractivity contribution in [3.05, 3.63) is 47.9 Å². The molecule has 0 saturated carbocycles. The summed E-state index contributed by atoms with van der Waals surface area (Å²) in [5.74, 6) is -1.72. The molecule has 0 spiro atoms. The van der Waals surface area contributed by atoms with Crippen molar-refractivity contribution in [1.82, 2.24) is 14.8 Å². The van der Waals surface area contributed by atoms with Gasteiger partial charge in [0.25, 0.3) is 5.91 Å². The Kier molecular flexibility index (Phi) is 8.65. The summed E-state index contributed by atoms with van der Waals surface area (Å²) in [6, 6.07) is 7.45. The number of aromatic nitrogens is 1. The van der Waals surface area contributed by atoms with Gasteiger partial charge in [0.15, 0.2) is 0 Å². The summed E-state index contributed by atoms with van der Waals surface area (Å²) in [5.41, 5.74) is 3.12. The molecule has 4 rings (SSSR count). The Bertz CT molecular complexity index is 1260. The largest absolute Gasteiger partial charge is 0.477 e. The molecule has 2 saturated heterocycles. The zero-order chi connectivity index (χ0) is 30.2. The monoisotopic (exact) mass is 580 g/mol. The Morgan fingerprint density at radius 2 is 1.80 bits per heavy atom. The van der Waals surface area contributed by atoms with Gasteiger partial charge in [0.2, 0.25) is 11.8 Å². The number of hydrogen-bond donors (Lipinski definition) is 2. The van der Waals surface area contributed by atoms with Gasteiger partial charge in [-0.25, -0.2) is 9.37 Å². The van der Waals surface area contributed by atoms with E-state index in [1.807, 2.05) is 4.90 Å². The molecular weight excluding hydrogens is 544 g/mol. The summed E-state index contributed by atoms with van der Waals surface area (Å²) >= 11 is 0. The number of carbonyl (C=O) groups is 2. The number of ether oxygens (including phenoxy) is 1. The third-order valence-electron chi connectivity index (χ3n) is 8.23. The molecule has 1 unspecified atom stereocenters. The molecule has 224 valence electrons. The highest BCUT2D eigenvalue weighted by Gasteiger charge is 2.49. The first-order valence-electron chi connectivity index (χ1n) is 13.6. The number of benzene rings is 1. The quantitative estimate of drug-likeness (QED) is 0.457. The van der Waals surface area contributed by atoms with Crippen molar-refractivity contribution < 1.29 is 37.0 Å². The highest BCUT2D eigenvalue weighted by atomic mass is 19.4. The molecule has 0 bridgehead atoms. The van der Waals surface area contributed by atoms with Gasteiger partial charge in [0.1, 0.15) is 11.4 Å². The van der Waals surface area contributed by atoms with Crippen LogP contribution in [0, 0.1) is 17.2 Å². The average molecular weight is 581 g/mol. The van der Waals surface area contributed by atoms with Gasteiger partial charge in [0, 0.05) is 37.3 Å². The molecule has 0 radical (unpaired) electrons. The van der Waals surface area contributed by atoms with Crippen LogP contribution in [0.4, 0.5) is 17.6 Å². The van der Waals surface area contributed by atoms with E-state index in [9.17, 15) is 27.9 Å². The number of halogens is 4. The number of carbonyl (C=O) groups excluding carboxylic acids is 2. The number of aliphatic hydroxyl groups excluding tert-OH is 1. The van der Waals surface area contributed by atoms with Crippen LogP contribution in [-0.2, 0) is 4.79 Å². The van der Waals surface area contributed by atoms with E-state index in [0.717, 1.165) is 17.7 Å². The molecule has 2 aliphatic rings. The second-order valence-electron chi connectivity index (χ2n) is 11.9. The van der Waals surface area contributed by atoms with Crippen LogP contribution in [0.5, 0.6) is 5.88 Å². The van der Waals surface area contributed by atoms with E-state index in [0.29, 0.717) is 36.7 Å². The van der Waals surface area contributed by atoms with E-state index in [4.69, 9.17) is 10.5 Å². The number of amides is 2. The van der Waals surface area contributed by atoms with Gasteiger partial charge in [-0.15, -0.1) is 0 Å². The second-order valence-corrected chi connectivity index (χ2v) is 11.9. The van der Waals surface area contributed by atoms with Crippen molar-refractivity contribution in [3.63, 3.8) is 0 Å². The molecule has 41 heavy (non-hydrogen) atoms. The minimum Gasteiger partial charge on any atom is -0.477 e. The minimum absolute atomic E-state index is 0.0205. The molecule has 1 aromatic carbocycles. The number of pyridine rings is 1. The highest BCUT2D eigenvalue weighted by molar-refractivity contribution is 5.99. The summed E-state index contributed by atoms with van der Waals surface area (Å²) in [7, 11) is 0. The van der Waals surface area contributed by atoms with Gasteiger partial charge in [-0.05, 0) is 76.4 Å². The van der Waals surface area contributed by atoms with Gasteiger partial charge < -0.3 is 25.4 Å². The number of piperidine rings is 1. The van der Waals surface area contributed by atoms with Crippen molar-refractivity contribution in [2.45, 2.75) is 57.9 Å². The maximum absolute atomic E-state index is 15.0. The molecule has 2 aromatic rings. The van der Waals surface area contributed by atoms with E-state index in [2.05, 4.69) is 4.98 Å². The van der Waals surface area contributed by atoms with Crippen LogP contribution in [0.2, 0.25) is 0 Å². The fourth-order valence-corrected chi connectivity index (χ4v) is 5.40. The van der Waals surface area contributed by atoms with Crippen LogP contribution in [0.1, 0.15) is 50.4 Å². The molecular formula is C29H36F4N4O4. The molecule has 2 fully saturated rings. The Morgan fingerprint density at radius 1 is 1.15 bits per heavy atom. The summed E-state index contributed by atoms with van der Waals surface area (Å²) in [5, 5.41) is 10.00. The molecule has 0 aliphatic carbocycles. The van der Waals surface area contributed by atoms with Crippen molar-refractivity contribution in [2.75, 3.05) is 32.8 Å². The normalized spacial score (nSPS) is 22.6. The maximum atomic E-state index is 15.0. The number of likely N-dealkylation sites (tertiary alicyclic amines) is 2. The van der Waals surface area contributed by atoms with Gasteiger partial charge in [0.05, 0.1) is 23.7 Å². The summed E-state index contributed by atoms with van der Waals surface area (Å²) in [6.45, 7) is 5.28. The first-order valence-corrected chi connectivity index (χ1v) is 13.6. The zero-order valence-electron chi connectivity index (χ0n) is 23.4. The lowest BCUT2D eigenvalue weighted by molar-refractivity contribution is -0.217. The van der Waals surface area contributed by atoms with Crippen molar-refractivity contribution in [2.24, 2.45) is 17.1 Å². The minimum atomic E-state index is -4.25. The lowest BCUT2D eigenvalue weighted by Gasteiger charge is -2.38. The van der Waals surface area contributed by atoms with E-state index >= 15 is 4.39 Å². The number of alkyl halides is 3. The van der Waals surface area contributed by atoms with Crippen molar-refractivity contribution >= 4 is 11.8 Å². The van der Waals surface area contributed by atoms with Crippen molar-refractivity contribution in [3.8, 4) is 17.0 Å². The predicted molar refractivity (Wildman–Crippen MR) is 143 cm³/mol. The Balaban J connectivity index is 1.32.